The molecule has 0 spiro atoms. The molecule has 0 aliphatic carbocycles. The van der Waals surface area contributed by atoms with Crippen LogP contribution in [0.25, 0.3) is 11.1 Å². The predicted molar refractivity (Wildman–Crippen MR) is 184 cm³/mol. The van der Waals surface area contributed by atoms with Crippen molar-refractivity contribution in [1.82, 2.24) is 0 Å². The number of rotatable bonds is 11. The number of hydrogen-bond donors (Lipinski definition) is 3. The van der Waals surface area contributed by atoms with Gasteiger partial charge in [-0.25, -0.2) is 0 Å². The highest BCUT2D eigenvalue weighted by molar-refractivity contribution is 6.17. The van der Waals surface area contributed by atoms with Crippen molar-refractivity contribution in [2.45, 2.75) is 105 Å². The number of nitrogens with one attached hydrogen (secondary N) is 3. The second-order valence-electron chi connectivity index (χ2n) is 13.8. The first kappa shape index (κ1) is 40.7. The van der Waals surface area contributed by atoms with Gasteiger partial charge in [0.05, 0.1) is 33.6 Å². The number of benzene rings is 3. The summed E-state index contributed by atoms with van der Waals surface area (Å²) in [6, 6.07) is 10.2. The average Bonchev–Trinajstić information content (AvgIpc) is 2.96. The summed E-state index contributed by atoms with van der Waals surface area (Å²) in [5.41, 5.74) is -10.0. The van der Waals surface area contributed by atoms with E-state index >= 15 is 26.3 Å². The molecule has 0 aliphatic heterocycles. The summed E-state index contributed by atoms with van der Waals surface area (Å²) in [4.78, 5) is 40.5. The molecule has 0 saturated heterocycles. The Morgan fingerprint density at radius 3 is 1.67 bits per heavy atom. The van der Waals surface area contributed by atoms with Crippen LogP contribution in [0.1, 0.15) is 103 Å². The van der Waals surface area contributed by atoms with Crippen LogP contribution in [-0.2, 0) is 21.9 Å². The number of amides is 3. The molecule has 0 aliphatic rings. The SMILES string of the molecule is CCCC(=O)Nc1c(C(=O)Nc2ccccc2)c(C(F)(F)F)c(NC(=O)CCC)c(OC(C)(C)C)c1-c1ccc(OC(C)(C)C)cc1C(F)(F)F. The van der Waals surface area contributed by atoms with E-state index in [9.17, 15) is 14.4 Å². The molecule has 51 heavy (non-hydrogen) atoms. The van der Waals surface area contributed by atoms with Gasteiger partial charge in [-0.2, -0.15) is 26.3 Å². The van der Waals surface area contributed by atoms with Gasteiger partial charge in [-0.15, -0.1) is 0 Å². The molecule has 3 aromatic rings. The zero-order valence-corrected chi connectivity index (χ0v) is 29.8. The van der Waals surface area contributed by atoms with Crippen molar-refractivity contribution in [3.63, 3.8) is 0 Å². The molecule has 3 aromatic carbocycles. The maximum Gasteiger partial charge on any atom is 0.419 e. The van der Waals surface area contributed by atoms with E-state index in [0.717, 1.165) is 6.07 Å². The van der Waals surface area contributed by atoms with Crippen LogP contribution in [0.3, 0.4) is 0 Å². The molecule has 278 valence electrons. The van der Waals surface area contributed by atoms with Gasteiger partial charge in [0.2, 0.25) is 11.8 Å². The summed E-state index contributed by atoms with van der Waals surface area (Å²) >= 11 is 0. The topological polar surface area (TPSA) is 106 Å². The van der Waals surface area contributed by atoms with Gasteiger partial charge in [0.1, 0.15) is 17.0 Å². The van der Waals surface area contributed by atoms with E-state index in [1.165, 1.54) is 51.1 Å². The highest BCUT2D eigenvalue weighted by Gasteiger charge is 2.46. The summed E-state index contributed by atoms with van der Waals surface area (Å²) in [6.45, 7) is 12.4. The molecule has 0 heterocycles. The van der Waals surface area contributed by atoms with E-state index in [2.05, 4.69) is 16.0 Å². The fraction of sp³-hybridized carbons (Fsp3) is 0.432. The number of carbonyl (C=O) groups excluding carboxylic acids is 3. The molecule has 0 atom stereocenters. The Bertz CT molecular complexity index is 1740. The van der Waals surface area contributed by atoms with Gasteiger partial charge >= 0.3 is 12.4 Å². The highest BCUT2D eigenvalue weighted by Crippen LogP contribution is 2.55. The molecule has 3 amide bonds. The van der Waals surface area contributed by atoms with Crippen LogP contribution >= 0.6 is 0 Å². The Kier molecular flexibility index (Phi) is 12.5. The van der Waals surface area contributed by atoms with Crippen molar-refractivity contribution >= 4 is 34.8 Å². The van der Waals surface area contributed by atoms with E-state index in [0.29, 0.717) is 6.07 Å². The van der Waals surface area contributed by atoms with Crippen LogP contribution in [0.15, 0.2) is 48.5 Å². The van der Waals surface area contributed by atoms with E-state index in [-0.39, 0.29) is 37.1 Å². The minimum Gasteiger partial charge on any atom is -0.488 e. The smallest absolute Gasteiger partial charge is 0.419 e. The highest BCUT2D eigenvalue weighted by atomic mass is 19.4. The molecule has 8 nitrogen and oxygen atoms in total. The fourth-order valence-corrected chi connectivity index (χ4v) is 5.11. The summed E-state index contributed by atoms with van der Waals surface area (Å²) in [5.74, 6) is -4.27. The molecule has 0 aromatic heterocycles. The minimum atomic E-state index is -5.42. The molecule has 0 saturated carbocycles. The van der Waals surface area contributed by atoms with Crippen LogP contribution in [0.4, 0.5) is 43.4 Å². The number of anilines is 3. The van der Waals surface area contributed by atoms with Crippen molar-refractivity contribution < 1.29 is 50.2 Å². The third kappa shape index (κ3) is 10.9. The third-order valence-corrected chi connectivity index (χ3v) is 6.88. The Hall–Kier alpha value is -4.75. The molecular weight excluding hydrogens is 680 g/mol. The molecule has 0 radical (unpaired) electrons. The summed E-state index contributed by atoms with van der Waals surface area (Å²) in [7, 11) is 0. The Morgan fingerprint density at radius 1 is 0.667 bits per heavy atom. The zero-order valence-electron chi connectivity index (χ0n) is 29.8. The van der Waals surface area contributed by atoms with E-state index < -0.39 is 86.2 Å². The number of alkyl halides is 6. The Morgan fingerprint density at radius 2 is 1.20 bits per heavy atom. The summed E-state index contributed by atoms with van der Waals surface area (Å²) < 4.78 is 103. The lowest BCUT2D eigenvalue weighted by Gasteiger charge is -2.32. The van der Waals surface area contributed by atoms with Crippen molar-refractivity contribution in [3.8, 4) is 22.6 Å². The number of halogens is 6. The van der Waals surface area contributed by atoms with Gasteiger partial charge in [0, 0.05) is 24.1 Å². The monoisotopic (exact) mass is 723 g/mol. The van der Waals surface area contributed by atoms with E-state index in [1.54, 1.807) is 40.7 Å². The zero-order chi connectivity index (χ0) is 38.5. The van der Waals surface area contributed by atoms with Crippen molar-refractivity contribution in [2.75, 3.05) is 16.0 Å². The standard InChI is InChI=1S/C37H43F6N3O5/c1-9-14-25(47)45-30-27(23-19-18-22(50-34(3,4)5)20-24(23)36(38,39)40)32(51-35(6,7)8)31(46-26(48)15-10-2)29(37(41,42)43)28(30)33(49)44-21-16-12-11-13-17-21/h11-13,16-20H,9-10,14-15H2,1-8H3,(H,44,49)(H,45,47)(H,46,48). The first-order chi connectivity index (χ1) is 23.5. The van der Waals surface area contributed by atoms with Crippen molar-refractivity contribution in [1.29, 1.82) is 0 Å². The van der Waals surface area contributed by atoms with Gasteiger partial charge in [-0.3, -0.25) is 14.4 Å². The lowest BCUT2D eigenvalue weighted by molar-refractivity contribution is -0.138. The average molecular weight is 724 g/mol. The second-order valence-corrected chi connectivity index (χ2v) is 13.8. The Balaban J connectivity index is 2.74. The summed E-state index contributed by atoms with van der Waals surface area (Å²) in [6.07, 6.45) is -10.7. The van der Waals surface area contributed by atoms with E-state index in [1.807, 2.05) is 0 Å². The molecule has 0 fully saturated rings. The largest absolute Gasteiger partial charge is 0.488 e. The summed E-state index contributed by atoms with van der Waals surface area (Å²) in [5, 5.41) is 6.89. The third-order valence-electron chi connectivity index (χ3n) is 6.88. The maximum absolute atomic E-state index is 15.4. The van der Waals surface area contributed by atoms with Gasteiger partial charge < -0.3 is 25.4 Å². The quantitative estimate of drug-likeness (QED) is 0.171. The first-order valence-electron chi connectivity index (χ1n) is 16.3. The lowest BCUT2D eigenvalue weighted by atomic mass is 9.88. The van der Waals surface area contributed by atoms with Gasteiger partial charge in [0.25, 0.3) is 5.91 Å². The molecular formula is C37H43F6N3O5. The van der Waals surface area contributed by atoms with Gasteiger partial charge in [-0.1, -0.05) is 32.0 Å². The van der Waals surface area contributed by atoms with Crippen LogP contribution in [0.2, 0.25) is 0 Å². The lowest BCUT2D eigenvalue weighted by Crippen LogP contribution is -2.30. The molecule has 3 rings (SSSR count). The van der Waals surface area contributed by atoms with Gasteiger partial charge in [0.15, 0.2) is 5.75 Å². The fourth-order valence-electron chi connectivity index (χ4n) is 5.11. The van der Waals surface area contributed by atoms with Crippen LogP contribution in [0, 0.1) is 0 Å². The van der Waals surface area contributed by atoms with Crippen molar-refractivity contribution in [3.05, 3.63) is 65.2 Å². The second kappa shape index (κ2) is 15.6. The normalized spacial score (nSPS) is 12.3. The number of ether oxygens (including phenoxy) is 2. The molecule has 0 bridgehead atoms. The number of carbonyl (C=O) groups is 3. The van der Waals surface area contributed by atoms with Gasteiger partial charge in [-0.05, 0) is 84.7 Å². The molecule has 0 unspecified atom stereocenters. The maximum atomic E-state index is 15.4. The Labute approximate surface area is 293 Å². The minimum absolute atomic E-state index is 0.0502. The molecule has 3 N–H and O–H groups in total. The first-order valence-corrected chi connectivity index (χ1v) is 16.3. The predicted octanol–water partition coefficient (Wildman–Crippen LogP) is 10.5. The number of hydrogen-bond acceptors (Lipinski definition) is 5. The number of para-hydroxylation sites is 1. The van der Waals surface area contributed by atoms with Crippen LogP contribution in [-0.4, -0.2) is 28.9 Å². The molecule has 14 heteroatoms. The van der Waals surface area contributed by atoms with E-state index in [4.69, 9.17) is 9.47 Å². The van der Waals surface area contributed by atoms with Crippen molar-refractivity contribution in [2.24, 2.45) is 0 Å². The van der Waals surface area contributed by atoms with Crippen LogP contribution < -0.4 is 25.4 Å². The van der Waals surface area contributed by atoms with Crippen LogP contribution in [0.5, 0.6) is 11.5 Å².